The molecule has 0 spiro atoms. The monoisotopic (exact) mass is 211 g/mol. The molecule has 1 aliphatic rings. The topological polar surface area (TPSA) is 95.5 Å². The summed E-state index contributed by atoms with van der Waals surface area (Å²) in [5.74, 6) is -0.623. The highest BCUT2D eigenvalue weighted by Gasteiger charge is 2.34. The van der Waals surface area contributed by atoms with Crippen molar-refractivity contribution in [2.24, 2.45) is 0 Å². The molecule has 1 aromatic rings. The number of nitrogens with one attached hydrogen (secondary N) is 1. The Morgan fingerprint density at radius 1 is 1.80 bits per heavy atom. The SMILES string of the molecule is O=C(O)CC1CN(c2ncc[nH]2)C(=O)O1. The van der Waals surface area contributed by atoms with Crippen LogP contribution >= 0.6 is 0 Å². The van der Waals surface area contributed by atoms with Crippen molar-refractivity contribution in [2.45, 2.75) is 12.5 Å². The van der Waals surface area contributed by atoms with Gasteiger partial charge in [0.25, 0.3) is 0 Å². The molecule has 0 aromatic carbocycles. The van der Waals surface area contributed by atoms with Crippen LogP contribution in [0.1, 0.15) is 6.42 Å². The number of aromatic amines is 1. The normalized spacial score (nSPS) is 20.4. The number of H-pyrrole nitrogens is 1. The van der Waals surface area contributed by atoms with E-state index in [0.717, 1.165) is 0 Å². The number of anilines is 1. The van der Waals surface area contributed by atoms with Crippen LogP contribution < -0.4 is 4.90 Å². The Balaban J connectivity index is 2.05. The molecule has 1 unspecified atom stereocenters. The lowest BCUT2D eigenvalue weighted by atomic mass is 10.2. The predicted octanol–water partition coefficient (Wildman–Crippen LogP) is 0.210. The van der Waals surface area contributed by atoms with Gasteiger partial charge in [0, 0.05) is 12.4 Å². The Kier molecular flexibility index (Phi) is 2.28. The maximum absolute atomic E-state index is 11.3. The lowest BCUT2D eigenvalue weighted by Gasteiger charge is -2.07. The smallest absolute Gasteiger partial charge is 0.417 e. The molecule has 1 fully saturated rings. The molecule has 2 rings (SSSR count). The third-order valence-electron chi connectivity index (χ3n) is 2.02. The Hall–Kier alpha value is -2.05. The zero-order chi connectivity index (χ0) is 10.8. The molecule has 2 N–H and O–H groups in total. The van der Waals surface area contributed by atoms with Crippen LogP contribution in [-0.4, -0.2) is 39.8 Å². The zero-order valence-corrected chi connectivity index (χ0v) is 7.71. The van der Waals surface area contributed by atoms with Gasteiger partial charge in [-0.25, -0.2) is 14.7 Å². The van der Waals surface area contributed by atoms with E-state index in [9.17, 15) is 9.59 Å². The van der Waals surface area contributed by atoms with Gasteiger partial charge in [0.1, 0.15) is 6.10 Å². The summed E-state index contributed by atoms with van der Waals surface area (Å²) in [5.41, 5.74) is 0. The first-order valence-corrected chi connectivity index (χ1v) is 4.36. The number of hydrogen-bond acceptors (Lipinski definition) is 4. The Bertz CT molecular complexity index is 375. The molecule has 0 saturated carbocycles. The minimum atomic E-state index is -0.992. The van der Waals surface area contributed by atoms with Crippen molar-refractivity contribution in [3.63, 3.8) is 0 Å². The van der Waals surface area contributed by atoms with E-state index >= 15 is 0 Å². The van der Waals surface area contributed by atoms with E-state index in [2.05, 4.69) is 9.97 Å². The largest absolute Gasteiger partial charge is 0.481 e. The Labute approximate surface area is 84.7 Å². The van der Waals surface area contributed by atoms with Gasteiger partial charge >= 0.3 is 12.1 Å². The highest BCUT2D eigenvalue weighted by molar-refractivity contribution is 5.88. The van der Waals surface area contributed by atoms with Crippen LogP contribution in [0.15, 0.2) is 12.4 Å². The van der Waals surface area contributed by atoms with Crippen LogP contribution in [0.25, 0.3) is 0 Å². The molecular weight excluding hydrogens is 202 g/mol. The molecule has 1 aromatic heterocycles. The highest BCUT2D eigenvalue weighted by Crippen LogP contribution is 2.18. The van der Waals surface area contributed by atoms with Crippen molar-refractivity contribution in [2.75, 3.05) is 11.4 Å². The van der Waals surface area contributed by atoms with Crippen LogP contribution in [0.4, 0.5) is 10.7 Å². The van der Waals surface area contributed by atoms with Gasteiger partial charge in [0.15, 0.2) is 0 Å². The number of carbonyl (C=O) groups excluding carboxylic acids is 1. The number of cyclic esters (lactones) is 1. The summed E-state index contributed by atoms with van der Waals surface area (Å²) in [6.07, 6.45) is 1.71. The number of nitrogens with zero attached hydrogens (tertiary/aromatic N) is 2. The molecule has 1 aliphatic heterocycles. The van der Waals surface area contributed by atoms with Gasteiger partial charge in [0.05, 0.1) is 13.0 Å². The molecule has 15 heavy (non-hydrogen) atoms. The van der Waals surface area contributed by atoms with Crippen LogP contribution in [0, 0.1) is 0 Å². The standard InChI is InChI=1S/C8H9N3O4/c12-6(13)3-5-4-11(8(14)15-5)7-9-1-2-10-7/h1-2,5H,3-4H2,(H,9,10)(H,12,13). The van der Waals surface area contributed by atoms with Crippen molar-refractivity contribution in [1.82, 2.24) is 9.97 Å². The minimum Gasteiger partial charge on any atom is -0.481 e. The summed E-state index contributed by atoms with van der Waals surface area (Å²) in [7, 11) is 0. The Morgan fingerprint density at radius 3 is 3.20 bits per heavy atom. The van der Waals surface area contributed by atoms with Crippen molar-refractivity contribution < 1.29 is 19.4 Å². The van der Waals surface area contributed by atoms with Gasteiger partial charge < -0.3 is 14.8 Å². The van der Waals surface area contributed by atoms with Gasteiger partial charge in [-0.3, -0.25) is 4.79 Å². The minimum absolute atomic E-state index is 0.192. The predicted molar refractivity (Wildman–Crippen MR) is 48.5 cm³/mol. The van der Waals surface area contributed by atoms with Gasteiger partial charge in [-0.05, 0) is 0 Å². The summed E-state index contributed by atoms with van der Waals surface area (Å²) in [6.45, 7) is 0.207. The van der Waals surface area contributed by atoms with Crippen molar-refractivity contribution in [3.8, 4) is 0 Å². The van der Waals surface area contributed by atoms with Gasteiger partial charge in [0.2, 0.25) is 5.95 Å². The number of amides is 1. The van der Waals surface area contributed by atoms with Crippen LogP contribution in [0.3, 0.4) is 0 Å². The molecule has 2 heterocycles. The lowest BCUT2D eigenvalue weighted by Crippen LogP contribution is -2.26. The molecule has 1 atom stereocenters. The fourth-order valence-corrected chi connectivity index (χ4v) is 1.40. The average molecular weight is 211 g/mol. The van der Waals surface area contributed by atoms with E-state index < -0.39 is 18.2 Å². The number of ether oxygens (including phenoxy) is 1. The van der Waals surface area contributed by atoms with E-state index in [1.165, 1.54) is 11.1 Å². The number of aliphatic carboxylic acids is 1. The fraction of sp³-hybridized carbons (Fsp3) is 0.375. The number of carboxylic acid groups (broad SMARTS) is 1. The summed E-state index contributed by atoms with van der Waals surface area (Å²) in [4.78, 5) is 29.6. The number of rotatable bonds is 3. The molecule has 80 valence electrons. The molecule has 0 bridgehead atoms. The van der Waals surface area contributed by atoms with Gasteiger partial charge in [-0.1, -0.05) is 0 Å². The van der Waals surface area contributed by atoms with E-state index in [1.807, 2.05) is 0 Å². The van der Waals surface area contributed by atoms with Crippen molar-refractivity contribution >= 4 is 18.0 Å². The van der Waals surface area contributed by atoms with Crippen LogP contribution in [0.5, 0.6) is 0 Å². The second kappa shape index (κ2) is 3.60. The van der Waals surface area contributed by atoms with E-state index in [0.29, 0.717) is 5.95 Å². The van der Waals surface area contributed by atoms with Crippen molar-refractivity contribution in [1.29, 1.82) is 0 Å². The molecule has 1 saturated heterocycles. The molecule has 1 amide bonds. The van der Waals surface area contributed by atoms with Crippen LogP contribution in [-0.2, 0) is 9.53 Å². The summed E-state index contributed by atoms with van der Waals surface area (Å²) in [5, 5.41) is 8.54. The molecule has 7 heteroatoms. The maximum Gasteiger partial charge on any atom is 0.417 e. The van der Waals surface area contributed by atoms with Crippen molar-refractivity contribution in [3.05, 3.63) is 12.4 Å². The first-order valence-electron chi connectivity index (χ1n) is 4.36. The number of hydrogen-bond donors (Lipinski definition) is 2. The third-order valence-corrected chi connectivity index (χ3v) is 2.02. The first kappa shape index (κ1) is 9.50. The molecule has 0 radical (unpaired) electrons. The summed E-state index contributed by atoms with van der Waals surface area (Å²) < 4.78 is 4.85. The average Bonchev–Trinajstić information content (AvgIpc) is 2.72. The number of carboxylic acids is 1. The fourth-order valence-electron chi connectivity index (χ4n) is 1.40. The quantitative estimate of drug-likeness (QED) is 0.745. The third kappa shape index (κ3) is 1.90. The molecular formula is C8H9N3O4. The number of imidazole rings is 1. The second-order valence-corrected chi connectivity index (χ2v) is 3.13. The van der Waals surface area contributed by atoms with E-state index in [4.69, 9.17) is 9.84 Å². The maximum atomic E-state index is 11.3. The number of aromatic nitrogens is 2. The van der Waals surface area contributed by atoms with Gasteiger partial charge in [-0.2, -0.15) is 0 Å². The first-order chi connectivity index (χ1) is 7.16. The van der Waals surface area contributed by atoms with E-state index in [-0.39, 0.29) is 13.0 Å². The Morgan fingerprint density at radius 2 is 2.60 bits per heavy atom. The number of carbonyl (C=O) groups is 2. The van der Waals surface area contributed by atoms with Crippen LogP contribution in [0.2, 0.25) is 0 Å². The van der Waals surface area contributed by atoms with E-state index in [1.54, 1.807) is 6.20 Å². The van der Waals surface area contributed by atoms with Gasteiger partial charge in [-0.15, -0.1) is 0 Å². The summed E-state index contributed by atoms with van der Waals surface area (Å²) in [6, 6.07) is 0. The second-order valence-electron chi connectivity index (χ2n) is 3.13. The molecule has 7 nitrogen and oxygen atoms in total. The lowest BCUT2D eigenvalue weighted by molar-refractivity contribution is -0.138. The zero-order valence-electron chi connectivity index (χ0n) is 7.71. The highest BCUT2D eigenvalue weighted by atomic mass is 16.6. The molecule has 0 aliphatic carbocycles. The summed E-state index contributed by atoms with van der Waals surface area (Å²) >= 11 is 0.